The van der Waals surface area contributed by atoms with E-state index < -0.39 is 5.91 Å². The number of aryl methyl sites for hydroxylation is 1. The lowest BCUT2D eigenvalue weighted by atomic mass is 10.4. The molecular formula is C10H8ClN5O. The maximum absolute atomic E-state index is 11.7. The Labute approximate surface area is 102 Å². The van der Waals surface area contributed by atoms with E-state index in [9.17, 15) is 4.79 Å². The summed E-state index contributed by atoms with van der Waals surface area (Å²) in [5.41, 5.74) is 0.946. The van der Waals surface area contributed by atoms with Crippen LogP contribution in [0.2, 0.25) is 5.15 Å². The Kier molecular flexibility index (Phi) is 3.24. The Morgan fingerprint density at radius 1 is 1.24 bits per heavy atom. The third-order valence-corrected chi connectivity index (χ3v) is 2.04. The van der Waals surface area contributed by atoms with E-state index in [1.165, 1.54) is 24.8 Å². The van der Waals surface area contributed by atoms with Crippen molar-refractivity contribution in [3.05, 3.63) is 41.3 Å². The molecule has 2 rings (SSSR count). The zero-order chi connectivity index (χ0) is 12.3. The second-order valence-corrected chi connectivity index (χ2v) is 3.61. The molecule has 0 unspecified atom stereocenters. The molecule has 1 N–H and O–H groups in total. The molecule has 2 aromatic rings. The van der Waals surface area contributed by atoms with E-state index in [4.69, 9.17) is 11.6 Å². The molecule has 6 nitrogen and oxygen atoms in total. The van der Waals surface area contributed by atoms with E-state index in [1.807, 2.05) is 0 Å². The highest BCUT2D eigenvalue weighted by atomic mass is 35.5. The summed E-state index contributed by atoms with van der Waals surface area (Å²) in [6, 6.07) is 0. The lowest BCUT2D eigenvalue weighted by molar-refractivity contribution is 0.102. The molecule has 0 aromatic carbocycles. The van der Waals surface area contributed by atoms with E-state index >= 15 is 0 Å². The predicted octanol–water partition coefficient (Wildman–Crippen LogP) is 1.48. The summed E-state index contributed by atoms with van der Waals surface area (Å²) in [7, 11) is 0. The van der Waals surface area contributed by atoms with Crippen LogP contribution < -0.4 is 5.32 Å². The monoisotopic (exact) mass is 249 g/mol. The highest BCUT2D eigenvalue weighted by Gasteiger charge is 2.08. The minimum Gasteiger partial charge on any atom is -0.304 e. The maximum atomic E-state index is 11.7. The van der Waals surface area contributed by atoms with Gasteiger partial charge in [0.1, 0.15) is 10.8 Å². The number of amides is 1. The number of carbonyl (C=O) groups is 1. The second kappa shape index (κ2) is 4.84. The van der Waals surface area contributed by atoms with Crippen LogP contribution in [0.1, 0.15) is 16.2 Å². The number of anilines is 1. The minimum absolute atomic E-state index is 0.206. The Hall–Kier alpha value is -2.08. The van der Waals surface area contributed by atoms with Gasteiger partial charge in [0.05, 0.1) is 24.3 Å². The topological polar surface area (TPSA) is 80.7 Å². The number of rotatable bonds is 2. The van der Waals surface area contributed by atoms with Crippen molar-refractivity contribution in [1.82, 2.24) is 19.9 Å². The van der Waals surface area contributed by atoms with Crippen LogP contribution in [0.3, 0.4) is 0 Å². The van der Waals surface area contributed by atoms with Crippen LogP contribution in [0.4, 0.5) is 5.82 Å². The van der Waals surface area contributed by atoms with Crippen LogP contribution in [0.5, 0.6) is 0 Å². The molecule has 0 atom stereocenters. The number of hydrogen-bond acceptors (Lipinski definition) is 5. The molecule has 0 saturated heterocycles. The lowest BCUT2D eigenvalue weighted by Crippen LogP contribution is -2.15. The van der Waals surface area contributed by atoms with Gasteiger partial charge in [-0.15, -0.1) is 0 Å². The van der Waals surface area contributed by atoms with Crippen molar-refractivity contribution in [3.8, 4) is 0 Å². The van der Waals surface area contributed by atoms with Gasteiger partial charge in [0.15, 0.2) is 5.82 Å². The zero-order valence-corrected chi connectivity index (χ0v) is 9.64. The molecule has 86 valence electrons. The minimum atomic E-state index is -0.408. The summed E-state index contributed by atoms with van der Waals surface area (Å²) in [6.45, 7) is 1.79. The fraction of sp³-hybridized carbons (Fsp3) is 0.100. The van der Waals surface area contributed by atoms with E-state index in [2.05, 4.69) is 25.3 Å². The highest BCUT2D eigenvalue weighted by Crippen LogP contribution is 2.07. The first kappa shape index (κ1) is 11.4. The van der Waals surface area contributed by atoms with Gasteiger partial charge in [0.25, 0.3) is 5.91 Å². The van der Waals surface area contributed by atoms with Crippen molar-refractivity contribution >= 4 is 23.3 Å². The van der Waals surface area contributed by atoms with Gasteiger partial charge in [-0.2, -0.15) is 0 Å². The Balaban J connectivity index is 2.14. The number of carbonyl (C=O) groups excluding carboxylic acids is 1. The zero-order valence-electron chi connectivity index (χ0n) is 8.88. The van der Waals surface area contributed by atoms with Crippen molar-refractivity contribution in [2.75, 3.05) is 5.32 Å². The van der Waals surface area contributed by atoms with Gasteiger partial charge in [-0.25, -0.2) is 9.97 Å². The number of nitrogens with zero attached hydrogens (tertiary/aromatic N) is 4. The molecular weight excluding hydrogens is 242 g/mol. The third-order valence-electron chi connectivity index (χ3n) is 1.86. The summed E-state index contributed by atoms with van der Waals surface area (Å²) in [6.07, 6.45) is 5.68. The van der Waals surface area contributed by atoms with Crippen LogP contribution >= 0.6 is 11.6 Å². The van der Waals surface area contributed by atoms with Crippen molar-refractivity contribution in [3.63, 3.8) is 0 Å². The molecule has 0 saturated carbocycles. The molecule has 0 fully saturated rings. The van der Waals surface area contributed by atoms with Crippen LogP contribution in [0.15, 0.2) is 24.8 Å². The Bertz CT molecular complexity index is 543. The fourth-order valence-electron chi connectivity index (χ4n) is 1.09. The summed E-state index contributed by atoms with van der Waals surface area (Å²) < 4.78 is 0. The Morgan fingerprint density at radius 2 is 2.06 bits per heavy atom. The summed E-state index contributed by atoms with van der Waals surface area (Å²) in [5, 5.41) is 2.73. The maximum Gasteiger partial charge on any atom is 0.277 e. The molecule has 2 heterocycles. The van der Waals surface area contributed by atoms with E-state index in [-0.39, 0.29) is 16.7 Å². The van der Waals surface area contributed by atoms with Crippen molar-refractivity contribution in [2.24, 2.45) is 0 Å². The number of aromatic nitrogens is 4. The standard InChI is InChI=1S/C10H8ClN5O/c1-6-2-14-7(3-13-6)10(17)16-9-5-12-4-8(11)15-9/h2-5H,1H3,(H,15,16,17). The van der Waals surface area contributed by atoms with Gasteiger partial charge in [0.2, 0.25) is 0 Å². The molecule has 0 aliphatic rings. The molecule has 2 aromatic heterocycles. The highest BCUT2D eigenvalue weighted by molar-refractivity contribution is 6.29. The van der Waals surface area contributed by atoms with Gasteiger partial charge in [-0.1, -0.05) is 11.6 Å². The predicted molar refractivity (Wildman–Crippen MR) is 61.8 cm³/mol. The van der Waals surface area contributed by atoms with Gasteiger partial charge < -0.3 is 5.32 Å². The smallest absolute Gasteiger partial charge is 0.277 e. The van der Waals surface area contributed by atoms with Crippen molar-refractivity contribution in [1.29, 1.82) is 0 Å². The third kappa shape index (κ3) is 2.94. The largest absolute Gasteiger partial charge is 0.304 e. The fourth-order valence-corrected chi connectivity index (χ4v) is 1.24. The molecule has 0 radical (unpaired) electrons. The van der Waals surface area contributed by atoms with Gasteiger partial charge >= 0.3 is 0 Å². The average molecular weight is 250 g/mol. The first-order valence-electron chi connectivity index (χ1n) is 4.73. The van der Waals surface area contributed by atoms with Crippen LogP contribution in [-0.4, -0.2) is 25.8 Å². The molecule has 0 spiro atoms. The number of hydrogen-bond donors (Lipinski definition) is 1. The molecule has 7 heteroatoms. The van der Waals surface area contributed by atoms with E-state index in [1.54, 1.807) is 6.92 Å². The molecule has 1 amide bonds. The van der Waals surface area contributed by atoms with Gasteiger partial charge in [0, 0.05) is 6.20 Å². The summed E-state index contributed by atoms with van der Waals surface area (Å²) in [5.74, 6) is -0.140. The first-order chi connectivity index (χ1) is 8.15. The second-order valence-electron chi connectivity index (χ2n) is 3.22. The lowest BCUT2D eigenvalue weighted by Gasteiger charge is -2.03. The van der Waals surface area contributed by atoms with E-state index in [0.29, 0.717) is 0 Å². The van der Waals surface area contributed by atoms with Crippen LogP contribution in [0.25, 0.3) is 0 Å². The van der Waals surface area contributed by atoms with Crippen LogP contribution in [0, 0.1) is 6.92 Å². The number of halogens is 1. The van der Waals surface area contributed by atoms with Crippen molar-refractivity contribution in [2.45, 2.75) is 6.92 Å². The van der Waals surface area contributed by atoms with Gasteiger partial charge in [-0.05, 0) is 6.92 Å². The average Bonchev–Trinajstić information content (AvgIpc) is 2.29. The summed E-state index contributed by atoms with van der Waals surface area (Å²) >= 11 is 5.64. The van der Waals surface area contributed by atoms with Gasteiger partial charge in [-0.3, -0.25) is 14.8 Å². The molecule has 0 aliphatic carbocycles. The summed E-state index contributed by atoms with van der Waals surface area (Å²) in [4.78, 5) is 27.3. The molecule has 17 heavy (non-hydrogen) atoms. The number of nitrogens with one attached hydrogen (secondary N) is 1. The molecule has 0 bridgehead atoms. The first-order valence-corrected chi connectivity index (χ1v) is 5.10. The SMILES string of the molecule is Cc1cnc(C(=O)Nc2cncc(Cl)n2)cn1. The van der Waals surface area contributed by atoms with Crippen molar-refractivity contribution < 1.29 is 4.79 Å². The Morgan fingerprint density at radius 3 is 2.71 bits per heavy atom. The van der Waals surface area contributed by atoms with E-state index in [0.717, 1.165) is 5.69 Å². The normalized spacial score (nSPS) is 10.0. The van der Waals surface area contributed by atoms with Crippen LogP contribution in [-0.2, 0) is 0 Å². The quantitative estimate of drug-likeness (QED) is 0.872. The molecule has 0 aliphatic heterocycles.